The second-order valence-corrected chi connectivity index (χ2v) is 11.2. The van der Waals surface area contributed by atoms with Crippen LogP contribution in [0.4, 0.5) is 11.5 Å². The number of hydrogen-bond acceptors (Lipinski definition) is 5. The summed E-state index contributed by atoms with van der Waals surface area (Å²) in [5.41, 5.74) is 0.386. The summed E-state index contributed by atoms with van der Waals surface area (Å²) in [6.45, 7) is 3.98. The van der Waals surface area contributed by atoms with Crippen LogP contribution in [0.15, 0.2) is 35.5 Å². The summed E-state index contributed by atoms with van der Waals surface area (Å²) in [6.07, 6.45) is 8.14. The van der Waals surface area contributed by atoms with Crippen molar-refractivity contribution in [1.82, 2.24) is 14.7 Å². The monoisotopic (exact) mass is 533 g/mol. The van der Waals surface area contributed by atoms with Crippen LogP contribution in [0.2, 0.25) is 10.0 Å². The first-order valence-electron chi connectivity index (χ1n) is 12.4. The van der Waals surface area contributed by atoms with Gasteiger partial charge in [-0.25, -0.2) is 0 Å². The minimum atomic E-state index is -0.928. The van der Waals surface area contributed by atoms with Gasteiger partial charge in [-0.3, -0.25) is 19.3 Å². The summed E-state index contributed by atoms with van der Waals surface area (Å²) in [5.74, 6) is 0.427. The summed E-state index contributed by atoms with van der Waals surface area (Å²) in [5, 5.41) is 18.2. The molecular weight excluding hydrogens is 501 g/mol. The zero-order valence-electron chi connectivity index (χ0n) is 20.7. The Hall–Kier alpha value is -2.42. The third kappa shape index (κ3) is 7.08. The Bertz CT molecular complexity index is 1130. The number of aliphatic imine (C=N–C) groups is 1. The number of rotatable bonds is 8. The van der Waals surface area contributed by atoms with E-state index >= 15 is 0 Å². The molecule has 2 aromatic rings. The van der Waals surface area contributed by atoms with Crippen LogP contribution in [0.3, 0.4) is 0 Å². The summed E-state index contributed by atoms with van der Waals surface area (Å²) in [7, 11) is 0. The van der Waals surface area contributed by atoms with Crippen LogP contribution < -0.4 is 5.32 Å². The van der Waals surface area contributed by atoms with Crippen molar-refractivity contribution in [3.05, 3.63) is 40.5 Å². The van der Waals surface area contributed by atoms with E-state index in [1.807, 2.05) is 0 Å². The largest absolute Gasteiger partial charge is 0.389 e. The second-order valence-electron chi connectivity index (χ2n) is 10.4. The molecule has 0 spiro atoms. The highest BCUT2D eigenvalue weighted by atomic mass is 35.5. The van der Waals surface area contributed by atoms with Gasteiger partial charge in [-0.15, -0.1) is 0 Å². The predicted molar refractivity (Wildman–Crippen MR) is 142 cm³/mol. The maximum atomic E-state index is 13.5. The topological polar surface area (TPSA) is 99.8 Å². The van der Waals surface area contributed by atoms with Crippen molar-refractivity contribution >= 4 is 52.2 Å². The highest BCUT2D eigenvalue weighted by molar-refractivity contribution is 6.42. The van der Waals surface area contributed by atoms with E-state index in [0.717, 1.165) is 25.7 Å². The summed E-state index contributed by atoms with van der Waals surface area (Å²) in [6, 6.07) is 6.19. The average molecular weight is 534 g/mol. The van der Waals surface area contributed by atoms with E-state index in [9.17, 15) is 14.7 Å². The molecule has 36 heavy (non-hydrogen) atoms. The van der Waals surface area contributed by atoms with Gasteiger partial charge in [0.1, 0.15) is 6.04 Å². The molecule has 2 heterocycles. The van der Waals surface area contributed by atoms with Gasteiger partial charge in [0.05, 0.1) is 40.8 Å². The zero-order valence-corrected chi connectivity index (χ0v) is 22.2. The fraction of sp³-hybridized carbons (Fsp3) is 0.538. The van der Waals surface area contributed by atoms with Gasteiger partial charge < -0.3 is 15.3 Å². The molecule has 4 rings (SSSR count). The van der Waals surface area contributed by atoms with Crippen LogP contribution in [0, 0.1) is 5.92 Å². The Morgan fingerprint density at radius 1 is 1.22 bits per heavy atom. The quantitative estimate of drug-likeness (QED) is 0.484. The van der Waals surface area contributed by atoms with E-state index < -0.39 is 11.6 Å². The molecule has 1 aliphatic carbocycles. The molecule has 0 bridgehead atoms. The van der Waals surface area contributed by atoms with E-state index in [0.29, 0.717) is 46.1 Å². The number of anilines is 1. The smallest absolute Gasteiger partial charge is 0.248 e. The zero-order chi connectivity index (χ0) is 25.9. The molecule has 8 nitrogen and oxygen atoms in total. The highest BCUT2D eigenvalue weighted by Gasteiger charge is 2.37. The van der Waals surface area contributed by atoms with Gasteiger partial charge in [0.15, 0.2) is 5.82 Å². The first-order chi connectivity index (χ1) is 17.1. The summed E-state index contributed by atoms with van der Waals surface area (Å²) in [4.78, 5) is 32.8. The van der Waals surface area contributed by atoms with Crippen molar-refractivity contribution in [3.8, 4) is 0 Å². The second kappa shape index (κ2) is 11.3. The molecule has 1 atom stereocenters. The minimum Gasteiger partial charge on any atom is -0.389 e. The first kappa shape index (κ1) is 26.6. The van der Waals surface area contributed by atoms with Crippen molar-refractivity contribution in [3.63, 3.8) is 0 Å². The lowest BCUT2D eigenvalue weighted by Crippen LogP contribution is -2.46. The Kier molecular flexibility index (Phi) is 8.37. The molecule has 1 saturated heterocycles. The minimum absolute atomic E-state index is 0.114. The molecular formula is C26H33Cl2N5O3. The maximum Gasteiger partial charge on any atom is 0.248 e. The lowest BCUT2D eigenvalue weighted by molar-refractivity contribution is -0.136. The molecule has 0 radical (unpaired) electrons. The lowest BCUT2D eigenvalue weighted by Gasteiger charge is -2.31. The Balaban J connectivity index is 1.51. The molecule has 2 N–H and O–H groups in total. The van der Waals surface area contributed by atoms with Crippen molar-refractivity contribution in [2.45, 2.75) is 77.0 Å². The lowest BCUT2D eigenvalue weighted by atomic mass is 9.84. The molecule has 0 unspecified atom stereocenters. The third-order valence-corrected chi connectivity index (χ3v) is 7.36. The standard InChI is InChI=1S/C26H33Cl2N5O3/c1-26(2,36)16-32-11-10-23(31-32)30-25(35)22(12-17-6-4-3-5-7-17)33-15-19(14-24(33)34)29-18-8-9-20(27)21(28)13-18/h8-11,13,17,22,36H,3-7,12,14-16H2,1-2H3,(H,30,31,35)/t22-/m0/s1. The van der Waals surface area contributed by atoms with Crippen LogP contribution in [-0.4, -0.2) is 55.5 Å². The van der Waals surface area contributed by atoms with Crippen molar-refractivity contribution < 1.29 is 14.7 Å². The van der Waals surface area contributed by atoms with Crippen LogP contribution >= 0.6 is 23.2 Å². The van der Waals surface area contributed by atoms with Gasteiger partial charge in [-0.05, 0) is 44.4 Å². The number of amides is 2. The van der Waals surface area contributed by atoms with Crippen molar-refractivity contribution in [1.29, 1.82) is 0 Å². The molecule has 2 fully saturated rings. The normalized spacial score (nSPS) is 19.2. The Morgan fingerprint density at radius 3 is 2.67 bits per heavy atom. The number of likely N-dealkylation sites (tertiary alicyclic amines) is 1. The van der Waals surface area contributed by atoms with Gasteiger partial charge in [0.2, 0.25) is 11.8 Å². The molecule has 2 aliphatic rings. The number of carbonyl (C=O) groups is 2. The first-order valence-corrected chi connectivity index (χ1v) is 13.2. The van der Waals surface area contributed by atoms with Gasteiger partial charge in [-0.1, -0.05) is 55.3 Å². The molecule has 2 amide bonds. The number of carbonyl (C=O) groups excluding carboxylic acids is 2. The van der Waals surface area contributed by atoms with E-state index in [1.165, 1.54) is 6.42 Å². The van der Waals surface area contributed by atoms with Crippen LogP contribution in [0.1, 0.15) is 58.8 Å². The molecule has 1 saturated carbocycles. The number of nitrogens with one attached hydrogen (secondary N) is 1. The number of aliphatic hydroxyl groups is 1. The van der Waals surface area contributed by atoms with Crippen molar-refractivity contribution in [2.24, 2.45) is 10.9 Å². The fourth-order valence-corrected chi connectivity index (χ4v) is 5.24. The molecule has 194 valence electrons. The summed E-state index contributed by atoms with van der Waals surface area (Å²) >= 11 is 12.1. The number of benzene rings is 1. The van der Waals surface area contributed by atoms with E-state index in [1.54, 1.807) is 53.9 Å². The van der Waals surface area contributed by atoms with E-state index in [-0.39, 0.29) is 24.8 Å². The Morgan fingerprint density at radius 2 is 1.97 bits per heavy atom. The van der Waals surface area contributed by atoms with Gasteiger partial charge in [0, 0.05) is 18.0 Å². The van der Waals surface area contributed by atoms with Crippen LogP contribution in [0.25, 0.3) is 0 Å². The number of aromatic nitrogens is 2. The van der Waals surface area contributed by atoms with Crippen LogP contribution in [-0.2, 0) is 16.1 Å². The molecule has 1 aliphatic heterocycles. The van der Waals surface area contributed by atoms with Gasteiger partial charge in [-0.2, -0.15) is 5.10 Å². The summed E-state index contributed by atoms with van der Waals surface area (Å²) < 4.78 is 1.59. The average Bonchev–Trinajstić information content (AvgIpc) is 3.39. The Labute approximate surface area is 221 Å². The van der Waals surface area contributed by atoms with Crippen molar-refractivity contribution in [2.75, 3.05) is 11.9 Å². The number of halogens is 2. The van der Waals surface area contributed by atoms with Gasteiger partial charge in [0.25, 0.3) is 0 Å². The molecule has 1 aromatic heterocycles. The molecule has 1 aromatic carbocycles. The highest BCUT2D eigenvalue weighted by Crippen LogP contribution is 2.31. The predicted octanol–water partition coefficient (Wildman–Crippen LogP) is 5.24. The SMILES string of the molecule is CC(C)(O)Cn1ccc(NC(=O)[C@H](CC2CCCCC2)N2CC(=Nc3ccc(Cl)c(Cl)c3)CC2=O)n1. The fourth-order valence-electron chi connectivity index (χ4n) is 4.95. The third-order valence-electron chi connectivity index (χ3n) is 6.62. The number of nitrogens with zero attached hydrogens (tertiary/aromatic N) is 4. The maximum absolute atomic E-state index is 13.5. The van der Waals surface area contributed by atoms with E-state index in [4.69, 9.17) is 23.2 Å². The van der Waals surface area contributed by atoms with E-state index in [2.05, 4.69) is 15.4 Å². The molecule has 10 heteroatoms. The van der Waals surface area contributed by atoms with Crippen LogP contribution in [0.5, 0.6) is 0 Å². The number of hydrogen-bond donors (Lipinski definition) is 2. The van der Waals surface area contributed by atoms with Gasteiger partial charge >= 0.3 is 0 Å².